The lowest BCUT2D eigenvalue weighted by atomic mass is 10.1. The smallest absolute Gasteiger partial charge is 0.240 e. The third-order valence-electron chi connectivity index (χ3n) is 2.28. The zero-order chi connectivity index (χ0) is 13.5. The van der Waals surface area contributed by atoms with E-state index in [1.165, 1.54) is 23.9 Å². The third-order valence-corrected chi connectivity index (χ3v) is 3.56. The maximum absolute atomic E-state index is 12.7. The molecule has 0 aliphatic carbocycles. The summed E-state index contributed by atoms with van der Waals surface area (Å²) in [7, 11) is 0. The van der Waals surface area contributed by atoms with Gasteiger partial charge in [0.1, 0.15) is 5.82 Å². The van der Waals surface area contributed by atoms with E-state index in [1.54, 1.807) is 12.1 Å². The fourth-order valence-electron chi connectivity index (χ4n) is 1.46. The van der Waals surface area contributed by atoms with Crippen molar-refractivity contribution in [2.24, 2.45) is 0 Å². The number of hydrogen-bond acceptors (Lipinski definition) is 3. The summed E-state index contributed by atoms with van der Waals surface area (Å²) in [6, 6.07) is 5.97. The van der Waals surface area contributed by atoms with Gasteiger partial charge in [0.15, 0.2) is 0 Å². The SMILES string of the molecule is CC.O=C1CCC(Sc2ccc(F)cc2)C(=O)N1. The van der Waals surface area contributed by atoms with Gasteiger partial charge in [0.05, 0.1) is 5.25 Å². The molecule has 18 heavy (non-hydrogen) atoms. The van der Waals surface area contributed by atoms with Crippen molar-refractivity contribution in [2.45, 2.75) is 36.8 Å². The van der Waals surface area contributed by atoms with Crippen molar-refractivity contribution in [2.75, 3.05) is 0 Å². The van der Waals surface area contributed by atoms with Crippen LogP contribution in [0, 0.1) is 5.82 Å². The Bertz CT molecular complexity index is 420. The molecule has 1 fully saturated rings. The molecule has 1 saturated heterocycles. The van der Waals surface area contributed by atoms with Gasteiger partial charge in [-0.05, 0) is 30.7 Å². The van der Waals surface area contributed by atoms with E-state index in [0.29, 0.717) is 12.8 Å². The van der Waals surface area contributed by atoms with Gasteiger partial charge in [0.2, 0.25) is 11.8 Å². The molecule has 1 aromatic rings. The van der Waals surface area contributed by atoms with E-state index in [1.807, 2.05) is 13.8 Å². The van der Waals surface area contributed by atoms with Crippen LogP contribution < -0.4 is 5.32 Å². The Morgan fingerprint density at radius 1 is 1.22 bits per heavy atom. The number of rotatable bonds is 2. The van der Waals surface area contributed by atoms with Gasteiger partial charge in [-0.15, -0.1) is 11.8 Å². The molecule has 0 radical (unpaired) electrons. The molecule has 1 unspecified atom stereocenters. The molecule has 0 saturated carbocycles. The van der Waals surface area contributed by atoms with Gasteiger partial charge in [-0.2, -0.15) is 0 Å². The summed E-state index contributed by atoms with van der Waals surface area (Å²) >= 11 is 1.35. The second-order valence-corrected chi connectivity index (χ2v) is 4.79. The van der Waals surface area contributed by atoms with Crippen LogP contribution in [0.15, 0.2) is 29.2 Å². The molecule has 0 aromatic heterocycles. The quantitative estimate of drug-likeness (QED) is 0.840. The van der Waals surface area contributed by atoms with Crippen LogP contribution in [0.4, 0.5) is 4.39 Å². The molecule has 1 atom stereocenters. The predicted molar refractivity (Wildman–Crippen MR) is 69.8 cm³/mol. The van der Waals surface area contributed by atoms with Gasteiger partial charge in [0.25, 0.3) is 0 Å². The van der Waals surface area contributed by atoms with Crippen LogP contribution in [0.2, 0.25) is 0 Å². The molecule has 2 amide bonds. The Kier molecular flexibility index (Phi) is 5.85. The lowest BCUT2D eigenvalue weighted by Gasteiger charge is -2.20. The molecule has 1 aromatic carbocycles. The number of carbonyl (C=O) groups excluding carboxylic acids is 2. The Balaban J connectivity index is 0.000000771. The first-order valence-electron chi connectivity index (χ1n) is 5.91. The van der Waals surface area contributed by atoms with E-state index in [9.17, 15) is 14.0 Å². The van der Waals surface area contributed by atoms with Crippen molar-refractivity contribution < 1.29 is 14.0 Å². The summed E-state index contributed by atoms with van der Waals surface area (Å²) in [5.74, 6) is -0.779. The minimum atomic E-state index is -0.298. The number of imide groups is 1. The predicted octanol–water partition coefficient (Wildman–Crippen LogP) is 2.75. The molecule has 0 bridgehead atoms. The summed E-state index contributed by atoms with van der Waals surface area (Å²) in [5, 5.41) is 2.03. The maximum Gasteiger partial charge on any atom is 0.240 e. The summed E-state index contributed by atoms with van der Waals surface area (Å²) in [5.41, 5.74) is 0. The average Bonchev–Trinajstić information content (AvgIpc) is 2.38. The molecule has 98 valence electrons. The highest BCUT2D eigenvalue weighted by Gasteiger charge is 2.27. The molecule has 1 aliphatic heterocycles. The van der Waals surface area contributed by atoms with Crippen molar-refractivity contribution in [3.8, 4) is 0 Å². The molecule has 1 aliphatic rings. The molecule has 3 nitrogen and oxygen atoms in total. The second kappa shape index (κ2) is 7.16. The van der Waals surface area contributed by atoms with Crippen molar-refractivity contribution in [3.63, 3.8) is 0 Å². The van der Waals surface area contributed by atoms with Crippen LogP contribution in [0.25, 0.3) is 0 Å². The number of amides is 2. The molecule has 5 heteroatoms. The highest BCUT2D eigenvalue weighted by Crippen LogP contribution is 2.28. The zero-order valence-corrected chi connectivity index (χ0v) is 11.2. The number of carbonyl (C=O) groups is 2. The molecule has 2 rings (SSSR count). The van der Waals surface area contributed by atoms with E-state index in [-0.39, 0.29) is 22.9 Å². The van der Waals surface area contributed by atoms with Crippen LogP contribution in [-0.2, 0) is 9.59 Å². The highest BCUT2D eigenvalue weighted by molar-refractivity contribution is 8.00. The molecular formula is C13H16FNO2S. The van der Waals surface area contributed by atoms with E-state index in [2.05, 4.69) is 5.32 Å². The van der Waals surface area contributed by atoms with Gasteiger partial charge < -0.3 is 0 Å². The van der Waals surface area contributed by atoms with Crippen molar-refractivity contribution in [1.29, 1.82) is 0 Å². The molecule has 0 spiro atoms. The Morgan fingerprint density at radius 3 is 2.39 bits per heavy atom. The number of nitrogens with one attached hydrogen (secondary N) is 1. The minimum Gasteiger partial charge on any atom is -0.295 e. The fourth-order valence-corrected chi connectivity index (χ4v) is 2.49. The summed E-state index contributed by atoms with van der Waals surface area (Å²) in [4.78, 5) is 23.2. The Hall–Kier alpha value is -1.36. The highest BCUT2D eigenvalue weighted by atomic mass is 32.2. The van der Waals surface area contributed by atoms with Crippen molar-refractivity contribution in [3.05, 3.63) is 30.1 Å². The number of thioether (sulfide) groups is 1. The summed E-state index contributed by atoms with van der Waals surface area (Å²) in [6.45, 7) is 4.00. The number of hydrogen-bond donors (Lipinski definition) is 1. The number of piperidine rings is 1. The van der Waals surface area contributed by atoms with E-state index < -0.39 is 0 Å². The lowest BCUT2D eigenvalue weighted by Crippen LogP contribution is -2.42. The van der Waals surface area contributed by atoms with Crippen LogP contribution in [-0.4, -0.2) is 17.1 Å². The minimum absolute atomic E-state index is 0.221. The monoisotopic (exact) mass is 269 g/mol. The second-order valence-electron chi connectivity index (χ2n) is 3.51. The summed E-state index contributed by atoms with van der Waals surface area (Å²) in [6.07, 6.45) is 0.900. The normalized spacial score (nSPS) is 18.7. The average molecular weight is 269 g/mol. The van der Waals surface area contributed by atoms with Gasteiger partial charge >= 0.3 is 0 Å². The standard InChI is InChI=1S/C11H10FNO2S.C2H6/c12-7-1-3-8(4-2-7)16-9-5-6-10(14)13-11(9)15;1-2/h1-4,9H,5-6H2,(H,13,14,15);1-2H3. The first kappa shape index (κ1) is 14.7. The van der Waals surface area contributed by atoms with Crippen LogP contribution in [0.3, 0.4) is 0 Å². The largest absolute Gasteiger partial charge is 0.295 e. The van der Waals surface area contributed by atoms with Gasteiger partial charge in [0, 0.05) is 11.3 Å². The Labute approximate surface area is 110 Å². The van der Waals surface area contributed by atoms with Gasteiger partial charge in [-0.25, -0.2) is 4.39 Å². The van der Waals surface area contributed by atoms with Crippen molar-refractivity contribution >= 4 is 23.6 Å². The van der Waals surface area contributed by atoms with E-state index in [0.717, 1.165) is 4.90 Å². The number of halogens is 1. The van der Waals surface area contributed by atoms with E-state index >= 15 is 0 Å². The molecular weight excluding hydrogens is 253 g/mol. The van der Waals surface area contributed by atoms with Crippen molar-refractivity contribution in [1.82, 2.24) is 5.32 Å². The molecule has 1 N–H and O–H groups in total. The topological polar surface area (TPSA) is 46.2 Å². The van der Waals surface area contributed by atoms with Gasteiger partial charge in [-0.1, -0.05) is 13.8 Å². The first-order chi connectivity index (χ1) is 8.65. The Morgan fingerprint density at radius 2 is 1.83 bits per heavy atom. The van der Waals surface area contributed by atoms with Crippen LogP contribution in [0.1, 0.15) is 26.7 Å². The maximum atomic E-state index is 12.7. The first-order valence-corrected chi connectivity index (χ1v) is 6.79. The number of benzene rings is 1. The third kappa shape index (κ3) is 4.14. The van der Waals surface area contributed by atoms with Crippen LogP contribution in [0.5, 0.6) is 0 Å². The van der Waals surface area contributed by atoms with Gasteiger partial charge in [-0.3, -0.25) is 14.9 Å². The zero-order valence-electron chi connectivity index (χ0n) is 10.4. The molecule has 1 heterocycles. The van der Waals surface area contributed by atoms with E-state index in [4.69, 9.17) is 0 Å². The summed E-state index contributed by atoms with van der Waals surface area (Å²) < 4.78 is 12.7. The lowest BCUT2D eigenvalue weighted by molar-refractivity contribution is -0.132. The fraction of sp³-hybridized carbons (Fsp3) is 0.385. The van der Waals surface area contributed by atoms with Crippen LogP contribution >= 0.6 is 11.8 Å².